The van der Waals surface area contributed by atoms with E-state index in [1.165, 1.54) is 28.9 Å². The third-order valence-electron chi connectivity index (χ3n) is 4.54. The van der Waals surface area contributed by atoms with Gasteiger partial charge in [-0.1, -0.05) is 40.2 Å². The Morgan fingerprint density at radius 2 is 2.00 bits per heavy atom. The van der Waals surface area contributed by atoms with Crippen LogP contribution in [0.15, 0.2) is 57.9 Å². The van der Waals surface area contributed by atoms with Crippen molar-refractivity contribution >= 4 is 33.5 Å². The van der Waals surface area contributed by atoms with Gasteiger partial charge in [-0.3, -0.25) is 0 Å². The molecule has 0 radical (unpaired) electrons. The lowest BCUT2D eigenvalue weighted by Gasteiger charge is -2.09. The monoisotopic (exact) mass is 413 g/mol. The summed E-state index contributed by atoms with van der Waals surface area (Å²) in [6.45, 7) is 0.996. The van der Waals surface area contributed by atoms with Crippen molar-refractivity contribution in [2.75, 3.05) is 18.1 Å². The zero-order chi connectivity index (χ0) is 17.2. The first-order valence-corrected chi connectivity index (χ1v) is 10.5. The first-order valence-electron chi connectivity index (χ1n) is 8.53. The van der Waals surface area contributed by atoms with Crippen LogP contribution in [0.25, 0.3) is 16.9 Å². The summed E-state index contributed by atoms with van der Waals surface area (Å²) < 4.78 is 3.13. The van der Waals surface area contributed by atoms with Crippen LogP contribution in [-0.4, -0.2) is 22.6 Å². The Labute approximate surface area is 161 Å². The van der Waals surface area contributed by atoms with Crippen LogP contribution in [0.2, 0.25) is 0 Å². The minimum atomic E-state index is 0.996. The van der Waals surface area contributed by atoms with Gasteiger partial charge in [-0.05, 0) is 49.8 Å². The van der Waals surface area contributed by atoms with Gasteiger partial charge < -0.3 is 5.32 Å². The van der Waals surface area contributed by atoms with E-state index in [9.17, 15) is 0 Å². The molecule has 0 amide bonds. The molecule has 0 aliphatic carbocycles. The van der Waals surface area contributed by atoms with Crippen molar-refractivity contribution in [3.63, 3.8) is 0 Å². The van der Waals surface area contributed by atoms with Crippen molar-refractivity contribution in [2.24, 2.45) is 0 Å². The van der Waals surface area contributed by atoms with Gasteiger partial charge in [0.1, 0.15) is 5.82 Å². The quantitative estimate of drug-likeness (QED) is 0.552. The Hall–Kier alpha value is -1.72. The number of benzene rings is 2. The van der Waals surface area contributed by atoms with Crippen LogP contribution in [0.4, 0.5) is 5.82 Å². The van der Waals surface area contributed by atoms with E-state index in [2.05, 4.69) is 74.6 Å². The van der Waals surface area contributed by atoms with Gasteiger partial charge in [-0.15, -0.1) is 11.8 Å². The fourth-order valence-corrected chi connectivity index (χ4v) is 4.34. The number of fused-ring (bicyclic) bond motifs is 1. The van der Waals surface area contributed by atoms with E-state index in [1.807, 2.05) is 6.07 Å². The number of halogens is 1. The number of aromatic nitrogens is 2. The highest BCUT2D eigenvalue weighted by Gasteiger charge is 2.22. The molecule has 4 rings (SSSR count). The summed E-state index contributed by atoms with van der Waals surface area (Å²) in [5, 5.41) is 8.66. The Balaban J connectivity index is 1.94. The van der Waals surface area contributed by atoms with E-state index >= 15 is 0 Å². The minimum Gasteiger partial charge on any atom is -0.370 e. The molecule has 0 spiro atoms. The summed E-state index contributed by atoms with van der Waals surface area (Å²) in [6.07, 6.45) is 5.57. The van der Waals surface area contributed by atoms with Gasteiger partial charge in [0.25, 0.3) is 0 Å². The van der Waals surface area contributed by atoms with Gasteiger partial charge in [0.05, 0.1) is 11.4 Å². The Morgan fingerprint density at radius 1 is 1.12 bits per heavy atom. The molecule has 0 saturated carbocycles. The molecule has 0 unspecified atom stereocenters. The Bertz CT molecular complexity index is 904. The predicted molar refractivity (Wildman–Crippen MR) is 110 cm³/mol. The summed E-state index contributed by atoms with van der Waals surface area (Å²) in [5.74, 6) is 1.14. The molecule has 1 N–H and O–H groups in total. The van der Waals surface area contributed by atoms with Gasteiger partial charge in [0.2, 0.25) is 0 Å². The summed E-state index contributed by atoms with van der Waals surface area (Å²) in [7, 11) is 0. The first-order chi connectivity index (χ1) is 12.3. The zero-order valence-corrected chi connectivity index (χ0v) is 16.5. The number of rotatable bonds is 3. The highest BCUT2D eigenvalue weighted by molar-refractivity contribution is 9.10. The van der Waals surface area contributed by atoms with E-state index in [0.29, 0.717) is 0 Å². The SMILES string of the molecule is CSc1ccccc1-c1nn(-c2cccc(Br)c2)c2c1CCCCN2. The molecule has 2 aromatic carbocycles. The standard InChI is InChI=1S/C20H20BrN3S/c1-25-18-11-3-2-9-16(18)19-17-10-4-5-12-22-20(17)24(23-19)15-8-6-7-14(21)13-15/h2-3,6-9,11,13,22H,4-5,10,12H2,1H3. The maximum Gasteiger partial charge on any atom is 0.133 e. The average Bonchev–Trinajstić information content (AvgIpc) is 2.82. The third kappa shape index (κ3) is 3.23. The molecule has 128 valence electrons. The molecule has 1 aliphatic heterocycles. The normalized spacial score (nSPS) is 13.8. The lowest BCUT2D eigenvalue weighted by atomic mass is 10.0. The van der Waals surface area contributed by atoms with Crippen molar-refractivity contribution in [1.29, 1.82) is 0 Å². The van der Waals surface area contributed by atoms with Crippen LogP contribution < -0.4 is 5.32 Å². The molecule has 3 nitrogen and oxygen atoms in total. The first kappa shape index (κ1) is 16.7. The van der Waals surface area contributed by atoms with Crippen LogP contribution in [0, 0.1) is 0 Å². The largest absolute Gasteiger partial charge is 0.370 e. The number of hydrogen-bond acceptors (Lipinski definition) is 3. The molecule has 1 aromatic heterocycles. The van der Waals surface area contributed by atoms with Crippen LogP contribution in [0.5, 0.6) is 0 Å². The highest BCUT2D eigenvalue weighted by atomic mass is 79.9. The van der Waals surface area contributed by atoms with Crippen molar-refractivity contribution in [3.8, 4) is 16.9 Å². The van der Waals surface area contributed by atoms with Crippen LogP contribution >= 0.6 is 27.7 Å². The smallest absolute Gasteiger partial charge is 0.133 e. The molecule has 0 bridgehead atoms. The second-order valence-electron chi connectivity index (χ2n) is 6.15. The van der Waals surface area contributed by atoms with Gasteiger partial charge in [-0.2, -0.15) is 5.10 Å². The molecule has 5 heteroatoms. The topological polar surface area (TPSA) is 29.9 Å². The van der Waals surface area contributed by atoms with Gasteiger partial charge in [0, 0.05) is 27.0 Å². The van der Waals surface area contributed by atoms with E-state index in [-0.39, 0.29) is 0 Å². The number of thioether (sulfide) groups is 1. The maximum absolute atomic E-state index is 5.04. The lowest BCUT2D eigenvalue weighted by molar-refractivity contribution is 0.779. The molecular weight excluding hydrogens is 394 g/mol. The lowest BCUT2D eigenvalue weighted by Crippen LogP contribution is -2.07. The van der Waals surface area contributed by atoms with Crippen LogP contribution in [0.3, 0.4) is 0 Å². The fraction of sp³-hybridized carbons (Fsp3) is 0.250. The van der Waals surface area contributed by atoms with Crippen LogP contribution in [0.1, 0.15) is 18.4 Å². The van der Waals surface area contributed by atoms with E-state index < -0.39 is 0 Å². The Morgan fingerprint density at radius 3 is 2.84 bits per heavy atom. The van der Waals surface area contributed by atoms with Crippen molar-refractivity contribution in [2.45, 2.75) is 24.2 Å². The number of anilines is 1. The molecule has 0 atom stereocenters. The number of hydrogen-bond donors (Lipinski definition) is 1. The zero-order valence-electron chi connectivity index (χ0n) is 14.1. The van der Waals surface area contributed by atoms with E-state index in [1.54, 1.807) is 11.8 Å². The van der Waals surface area contributed by atoms with E-state index in [4.69, 9.17) is 5.10 Å². The van der Waals surface area contributed by atoms with Gasteiger partial charge >= 0.3 is 0 Å². The molecule has 3 aromatic rings. The number of nitrogens with zero attached hydrogens (tertiary/aromatic N) is 2. The fourth-order valence-electron chi connectivity index (χ4n) is 3.35. The summed E-state index contributed by atoms with van der Waals surface area (Å²) in [6, 6.07) is 16.9. The van der Waals surface area contributed by atoms with Crippen molar-refractivity contribution in [3.05, 3.63) is 58.6 Å². The maximum atomic E-state index is 5.04. The van der Waals surface area contributed by atoms with Crippen molar-refractivity contribution < 1.29 is 0 Å². The van der Waals surface area contributed by atoms with Gasteiger partial charge in [0.15, 0.2) is 0 Å². The molecular formula is C20H20BrN3S. The molecule has 0 fully saturated rings. The highest BCUT2D eigenvalue weighted by Crippen LogP contribution is 2.37. The van der Waals surface area contributed by atoms with Crippen molar-refractivity contribution in [1.82, 2.24) is 9.78 Å². The Kier molecular flexibility index (Phi) is 4.86. The average molecular weight is 414 g/mol. The molecule has 1 aliphatic rings. The summed E-state index contributed by atoms with van der Waals surface area (Å²) in [4.78, 5) is 1.27. The van der Waals surface area contributed by atoms with E-state index in [0.717, 1.165) is 34.6 Å². The van der Waals surface area contributed by atoms with Gasteiger partial charge in [-0.25, -0.2) is 4.68 Å². The number of nitrogens with one attached hydrogen (secondary N) is 1. The third-order valence-corrected chi connectivity index (χ3v) is 5.83. The molecule has 2 heterocycles. The molecule has 25 heavy (non-hydrogen) atoms. The second-order valence-corrected chi connectivity index (χ2v) is 7.92. The minimum absolute atomic E-state index is 0.996. The predicted octanol–water partition coefficient (Wildman–Crippen LogP) is 5.77. The van der Waals surface area contributed by atoms with Crippen LogP contribution in [-0.2, 0) is 6.42 Å². The summed E-state index contributed by atoms with van der Waals surface area (Å²) >= 11 is 5.36. The molecule has 0 saturated heterocycles. The second kappa shape index (κ2) is 7.26. The summed E-state index contributed by atoms with van der Waals surface area (Å²) in [5.41, 5.74) is 4.74.